The molecule has 0 bridgehead atoms. The van der Waals surface area contributed by atoms with E-state index < -0.39 is 5.79 Å². The zero-order chi connectivity index (χ0) is 9.64. The molecule has 72 valence electrons. The zero-order valence-corrected chi connectivity index (χ0v) is 8.27. The fraction of sp³-hybridized carbons (Fsp3) is 0.714. The normalized spacial score (nSPS) is 34.2. The van der Waals surface area contributed by atoms with Gasteiger partial charge in [-0.3, -0.25) is 10.7 Å². The molecule has 1 atom stereocenters. The molecular weight excluding hydrogens is 186 g/mol. The number of rotatable bonds is 1. The van der Waals surface area contributed by atoms with Gasteiger partial charge >= 0.3 is 0 Å². The molecule has 0 aromatic rings. The summed E-state index contributed by atoms with van der Waals surface area (Å²) >= 11 is 4.97. The van der Waals surface area contributed by atoms with Gasteiger partial charge in [-0.1, -0.05) is 0 Å². The average molecular weight is 199 g/mol. The second-order valence-corrected chi connectivity index (χ2v) is 4.08. The van der Waals surface area contributed by atoms with Crippen LogP contribution in [-0.4, -0.2) is 21.7 Å². The number of thiocarbonyl (C=S) groups is 1. The van der Waals surface area contributed by atoms with Crippen LogP contribution in [0.4, 0.5) is 0 Å². The molecule has 0 aromatic heterocycles. The van der Waals surface area contributed by atoms with Crippen LogP contribution in [0.5, 0.6) is 0 Å². The molecule has 2 rings (SSSR count). The van der Waals surface area contributed by atoms with Crippen molar-refractivity contribution in [2.24, 2.45) is 22.5 Å². The quantitative estimate of drug-likeness (QED) is 0.391. The van der Waals surface area contributed by atoms with Crippen LogP contribution in [0, 0.1) is 5.92 Å². The highest BCUT2D eigenvalue weighted by Crippen LogP contribution is 2.33. The summed E-state index contributed by atoms with van der Waals surface area (Å²) in [5, 5.41) is 4.74. The summed E-state index contributed by atoms with van der Waals surface area (Å²) in [5.74, 6) is 6.27. The first kappa shape index (κ1) is 8.86. The second kappa shape index (κ2) is 2.63. The van der Waals surface area contributed by atoms with Gasteiger partial charge in [-0.05, 0) is 32.0 Å². The molecular formula is C7H13N5S. The Kier molecular flexibility index (Phi) is 1.79. The van der Waals surface area contributed by atoms with Gasteiger partial charge in [-0.15, -0.1) is 0 Å². The lowest BCUT2D eigenvalue weighted by molar-refractivity contribution is 0.173. The van der Waals surface area contributed by atoms with E-state index in [1.54, 1.807) is 6.92 Å². The van der Waals surface area contributed by atoms with Gasteiger partial charge in [-0.2, -0.15) is 0 Å². The summed E-state index contributed by atoms with van der Waals surface area (Å²) in [5.41, 5.74) is 5.89. The van der Waals surface area contributed by atoms with E-state index in [0.29, 0.717) is 11.0 Å². The Balaban J connectivity index is 2.28. The number of hydrogen-bond donors (Lipinski definition) is 3. The second-order valence-electron chi connectivity index (χ2n) is 3.69. The number of nitrogens with one attached hydrogen (secondary N) is 1. The standard InChI is InChI=1S/C7H13N5S/c1-7(8)11-6(13)10-5(12(7)9)4-2-3-4/h4H,2-3,8-9H2,1H3,(H,11,13). The smallest absolute Gasteiger partial charge is 0.197 e. The first-order valence-electron chi connectivity index (χ1n) is 4.25. The molecule has 5 nitrogen and oxygen atoms in total. The summed E-state index contributed by atoms with van der Waals surface area (Å²) in [7, 11) is 0. The van der Waals surface area contributed by atoms with Crippen LogP contribution in [-0.2, 0) is 0 Å². The van der Waals surface area contributed by atoms with Gasteiger partial charge < -0.3 is 5.32 Å². The largest absolute Gasteiger partial charge is 0.325 e. The highest BCUT2D eigenvalue weighted by Gasteiger charge is 2.40. The van der Waals surface area contributed by atoms with Gasteiger partial charge in [0.1, 0.15) is 5.84 Å². The molecule has 0 saturated heterocycles. The zero-order valence-electron chi connectivity index (χ0n) is 7.45. The molecule has 0 aromatic carbocycles. The minimum atomic E-state index is -0.809. The number of aliphatic imine (C=N–C) groups is 1. The number of nitrogens with zero attached hydrogens (tertiary/aromatic N) is 2. The van der Waals surface area contributed by atoms with Gasteiger partial charge in [0.05, 0.1) is 0 Å². The summed E-state index contributed by atoms with van der Waals surface area (Å²) in [6.45, 7) is 1.77. The van der Waals surface area contributed by atoms with E-state index in [4.69, 9.17) is 23.8 Å². The van der Waals surface area contributed by atoms with Gasteiger partial charge in [0.15, 0.2) is 10.9 Å². The molecule has 1 heterocycles. The Morgan fingerprint density at radius 3 is 2.85 bits per heavy atom. The van der Waals surface area contributed by atoms with Crippen molar-refractivity contribution < 1.29 is 0 Å². The molecule has 0 radical (unpaired) electrons. The van der Waals surface area contributed by atoms with E-state index in [9.17, 15) is 0 Å². The van der Waals surface area contributed by atoms with E-state index >= 15 is 0 Å². The Labute approximate surface area is 82.1 Å². The maximum atomic E-state index is 5.89. The van der Waals surface area contributed by atoms with Crippen molar-refractivity contribution in [1.82, 2.24) is 10.3 Å². The molecule has 0 spiro atoms. The Morgan fingerprint density at radius 1 is 1.69 bits per heavy atom. The van der Waals surface area contributed by atoms with Gasteiger partial charge in [0.25, 0.3) is 0 Å². The van der Waals surface area contributed by atoms with Crippen LogP contribution < -0.4 is 16.9 Å². The number of amidine groups is 1. The molecule has 1 aliphatic carbocycles. The predicted octanol–water partition coefficient (Wildman–Crippen LogP) is -0.509. The van der Waals surface area contributed by atoms with Crippen molar-refractivity contribution in [3.63, 3.8) is 0 Å². The Hall–Kier alpha value is -0.720. The Bertz CT molecular complexity index is 281. The lowest BCUT2D eigenvalue weighted by Crippen LogP contribution is -2.71. The van der Waals surface area contributed by atoms with Crippen LogP contribution in [0.1, 0.15) is 19.8 Å². The molecule has 0 amide bonds. The molecule has 1 saturated carbocycles. The van der Waals surface area contributed by atoms with Gasteiger partial charge in [0.2, 0.25) is 0 Å². The third-order valence-corrected chi connectivity index (χ3v) is 2.46. The fourth-order valence-electron chi connectivity index (χ4n) is 1.33. The van der Waals surface area contributed by atoms with Crippen molar-refractivity contribution in [2.75, 3.05) is 0 Å². The maximum Gasteiger partial charge on any atom is 0.197 e. The van der Waals surface area contributed by atoms with Crippen LogP contribution >= 0.6 is 12.2 Å². The topological polar surface area (TPSA) is 79.7 Å². The first-order chi connectivity index (χ1) is 6.00. The van der Waals surface area contributed by atoms with Crippen LogP contribution in [0.15, 0.2) is 4.99 Å². The van der Waals surface area contributed by atoms with E-state index in [1.807, 2.05) is 0 Å². The molecule has 1 fully saturated rings. The van der Waals surface area contributed by atoms with Crippen molar-refractivity contribution in [1.29, 1.82) is 0 Å². The summed E-state index contributed by atoms with van der Waals surface area (Å²) in [4.78, 5) is 4.18. The van der Waals surface area contributed by atoms with E-state index in [0.717, 1.165) is 18.7 Å². The molecule has 13 heavy (non-hydrogen) atoms. The molecule has 1 aliphatic heterocycles. The SMILES string of the molecule is CC1(N)NC(=S)N=C(C2CC2)N1N. The van der Waals surface area contributed by atoms with E-state index in [1.165, 1.54) is 5.01 Å². The summed E-state index contributed by atoms with van der Waals surface area (Å²) < 4.78 is 0. The minimum Gasteiger partial charge on any atom is -0.325 e. The monoisotopic (exact) mass is 199 g/mol. The van der Waals surface area contributed by atoms with Crippen molar-refractivity contribution in [2.45, 2.75) is 25.6 Å². The fourth-order valence-corrected chi connectivity index (χ4v) is 1.63. The van der Waals surface area contributed by atoms with Gasteiger partial charge in [0, 0.05) is 5.92 Å². The molecule has 2 aliphatic rings. The van der Waals surface area contributed by atoms with Crippen molar-refractivity contribution in [3.05, 3.63) is 0 Å². The van der Waals surface area contributed by atoms with Gasteiger partial charge in [-0.25, -0.2) is 10.8 Å². The molecule has 6 heteroatoms. The van der Waals surface area contributed by atoms with E-state index in [-0.39, 0.29) is 0 Å². The number of hydrazine groups is 1. The average Bonchev–Trinajstić information content (AvgIpc) is 2.78. The molecule has 1 unspecified atom stereocenters. The summed E-state index contributed by atoms with van der Waals surface area (Å²) in [6, 6.07) is 0. The summed E-state index contributed by atoms with van der Waals surface area (Å²) in [6.07, 6.45) is 2.26. The van der Waals surface area contributed by atoms with Crippen LogP contribution in [0.2, 0.25) is 0 Å². The van der Waals surface area contributed by atoms with Crippen molar-refractivity contribution in [3.8, 4) is 0 Å². The third kappa shape index (κ3) is 1.52. The van der Waals surface area contributed by atoms with Crippen molar-refractivity contribution >= 4 is 23.2 Å². The Morgan fingerprint density at radius 2 is 2.31 bits per heavy atom. The highest BCUT2D eigenvalue weighted by atomic mass is 32.1. The lowest BCUT2D eigenvalue weighted by atomic mass is 10.3. The third-order valence-electron chi connectivity index (χ3n) is 2.27. The first-order valence-corrected chi connectivity index (χ1v) is 4.66. The van der Waals surface area contributed by atoms with E-state index in [2.05, 4.69) is 10.3 Å². The number of nitrogens with two attached hydrogens (primary N) is 2. The predicted molar refractivity (Wildman–Crippen MR) is 54.5 cm³/mol. The maximum absolute atomic E-state index is 5.89. The lowest BCUT2D eigenvalue weighted by Gasteiger charge is -2.40. The highest BCUT2D eigenvalue weighted by molar-refractivity contribution is 7.80. The minimum absolute atomic E-state index is 0.425. The van der Waals surface area contributed by atoms with Crippen LogP contribution in [0.25, 0.3) is 0 Å². The van der Waals surface area contributed by atoms with Crippen LogP contribution in [0.3, 0.4) is 0 Å². The molecule has 5 N–H and O–H groups in total. The number of hydrogen-bond acceptors (Lipinski definition) is 4.